The molecule has 0 spiro atoms. The average molecular weight is 347 g/mol. The van der Waals surface area contributed by atoms with E-state index in [1.165, 1.54) is 23.5 Å². The summed E-state index contributed by atoms with van der Waals surface area (Å²) in [5, 5.41) is 1.86. The molecule has 0 radical (unpaired) electrons. The molecule has 0 aliphatic heterocycles. The van der Waals surface area contributed by atoms with Crippen LogP contribution >= 0.6 is 27.3 Å². The fraction of sp³-hybridized carbons (Fsp3) is 0.154. The third kappa shape index (κ3) is 3.61. The van der Waals surface area contributed by atoms with Gasteiger partial charge in [-0.3, -0.25) is 4.79 Å². The number of hydrogen-bond acceptors (Lipinski definition) is 3. The SMILES string of the molecule is O=C(Cc1sccc1Br)c1ccccc1OC(F)F. The first-order chi connectivity index (χ1) is 9.08. The number of carbonyl (C=O) groups is 1. The number of Topliss-reactive ketones (excluding diaryl/α,β-unsaturated/α-hetero) is 1. The Kier molecular flexibility index (Phi) is 4.66. The molecule has 6 heteroatoms. The van der Waals surface area contributed by atoms with Gasteiger partial charge in [0.15, 0.2) is 5.78 Å². The number of ether oxygens (including phenoxy) is 1. The van der Waals surface area contributed by atoms with Crippen LogP contribution in [0.2, 0.25) is 0 Å². The largest absolute Gasteiger partial charge is 0.434 e. The topological polar surface area (TPSA) is 26.3 Å². The van der Waals surface area contributed by atoms with Gasteiger partial charge in [0, 0.05) is 15.8 Å². The van der Waals surface area contributed by atoms with Crippen molar-refractivity contribution in [1.29, 1.82) is 0 Å². The second-order valence-electron chi connectivity index (χ2n) is 3.67. The van der Waals surface area contributed by atoms with E-state index in [1.54, 1.807) is 12.1 Å². The first-order valence-corrected chi connectivity index (χ1v) is 7.04. The predicted octanol–water partition coefficient (Wildman–Crippen LogP) is 4.54. The Morgan fingerprint density at radius 3 is 2.68 bits per heavy atom. The molecule has 0 aliphatic rings. The summed E-state index contributed by atoms with van der Waals surface area (Å²) < 4.78 is 29.7. The number of alkyl halides is 2. The number of thiophene rings is 1. The Labute approximate surface area is 121 Å². The van der Waals surface area contributed by atoms with Gasteiger partial charge < -0.3 is 4.74 Å². The lowest BCUT2D eigenvalue weighted by Gasteiger charge is -2.09. The minimum absolute atomic E-state index is 0.0878. The van der Waals surface area contributed by atoms with Gasteiger partial charge in [0.2, 0.25) is 0 Å². The van der Waals surface area contributed by atoms with E-state index in [1.807, 2.05) is 11.4 Å². The molecule has 0 aliphatic carbocycles. The minimum atomic E-state index is -2.94. The molecule has 0 unspecified atom stereocenters. The molecule has 100 valence electrons. The Bertz CT molecular complexity index is 584. The standard InChI is InChI=1S/C13H9BrF2O2S/c14-9-5-6-19-12(9)7-10(17)8-3-1-2-4-11(8)18-13(15)16/h1-6,13H,7H2. The van der Waals surface area contributed by atoms with E-state index in [2.05, 4.69) is 20.7 Å². The summed E-state index contributed by atoms with van der Waals surface area (Å²) in [6, 6.07) is 7.86. The maximum Gasteiger partial charge on any atom is 0.387 e. The zero-order valence-electron chi connectivity index (χ0n) is 9.61. The molecule has 2 aromatic rings. The summed E-state index contributed by atoms with van der Waals surface area (Å²) in [6.45, 7) is -2.94. The van der Waals surface area contributed by atoms with Crippen molar-refractivity contribution < 1.29 is 18.3 Å². The van der Waals surface area contributed by atoms with Crippen LogP contribution in [-0.4, -0.2) is 12.4 Å². The van der Waals surface area contributed by atoms with Crippen molar-refractivity contribution in [2.45, 2.75) is 13.0 Å². The quantitative estimate of drug-likeness (QED) is 0.743. The molecule has 0 atom stereocenters. The number of rotatable bonds is 5. The normalized spacial score (nSPS) is 10.7. The molecule has 1 aromatic heterocycles. The number of hydrogen-bond donors (Lipinski definition) is 0. The zero-order valence-corrected chi connectivity index (χ0v) is 12.0. The van der Waals surface area contributed by atoms with Gasteiger partial charge in [0.25, 0.3) is 0 Å². The molecular weight excluding hydrogens is 338 g/mol. The highest BCUT2D eigenvalue weighted by Crippen LogP contribution is 2.27. The number of para-hydroxylation sites is 1. The number of benzene rings is 1. The van der Waals surface area contributed by atoms with Crippen LogP contribution in [0.3, 0.4) is 0 Å². The van der Waals surface area contributed by atoms with Crippen molar-refractivity contribution in [3.8, 4) is 5.75 Å². The molecular formula is C13H9BrF2O2S. The smallest absolute Gasteiger partial charge is 0.387 e. The van der Waals surface area contributed by atoms with Crippen LogP contribution < -0.4 is 4.74 Å². The van der Waals surface area contributed by atoms with Crippen molar-refractivity contribution in [1.82, 2.24) is 0 Å². The first kappa shape index (κ1) is 14.1. The van der Waals surface area contributed by atoms with Gasteiger partial charge in [0.1, 0.15) is 5.75 Å². The Morgan fingerprint density at radius 2 is 2.05 bits per heavy atom. The third-order valence-electron chi connectivity index (χ3n) is 2.42. The van der Waals surface area contributed by atoms with Crippen LogP contribution in [0.1, 0.15) is 15.2 Å². The lowest BCUT2D eigenvalue weighted by molar-refractivity contribution is -0.0501. The lowest BCUT2D eigenvalue weighted by atomic mass is 10.1. The molecule has 19 heavy (non-hydrogen) atoms. The van der Waals surface area contributed by atoms with E-state index < -0.39 is 6.61 Å². The summed E-state index contributed by atoms with van der Waals surface area (Å²) in [5.74, 6) is -0.338. The fourth-order valence-electron chi connectivity index (χ4n) is 1.59. The van der Waals surface area contributed by atoms with Crippen molar-refractivity contribution in [3.63, 3.8) is 0 Å². The lowest BCUT2D eigenvalue weighted by Crippen LogP contribution is -2.09. The van der Waals surface area contributed by atoms with Gasteiger partial charge in [-0.05, 0) is 39.5 Å². The molecule has 1 heterocycles. The minimum Gasteiger partial charge on any atom is -0.434 e. The Morgan fingerprint density at radius 1 is 1.32 bits per heavy atom. The summed E-state index contributed by atoms with van der Waals surface area (Å²) in [7, 11) is 0. The number of carbonyl (C=O) groups excluding carboxylic acids is 1. The summed E-state index contributed by atoms with van der Waals surface area (Å²) in [4.78, 5) is 13.0. The van der Waals surface area contributed by atoms with Gasteiger partial charge in [0.05, 0.1) is 5.56 Å². The van der Waals surface area contributed by atoms with Crippen molar-refractivity contribution in [2.75, 3.05) is 0 Å². The summed E-state index contributed by atoms with van der Waals surface area (Å²) in [5.41, 5.74) is 0.170. The second kappa shape index (κ2) is 6.25. The molecule has 2 nitrogen and oxygen atoms in total. The fourth-order valence-corrected chi connectivity index (χ4v) is 3.08. The third-order valence-corrected chi connectivity index (χ3v) is 4.34. The maximum atomic E-state index is 12.3. The van der Waals surface area contributed by atoms with Crippen LogP contribution in [0.15, 0.2) is 40.2 Å². The average Bonchev–Trinajstić information content (AvgIpc) is 2.75. The Hall–Kier alpha value is -1.27. The molecule has 0 amide bonds. The second-order valence-corrected chi connectivity index (χ2v) is 5.52. The molecule has 0 bridgehead atoms. The van der Waals surface area contributed by atoms with Gasteiger partial charge in [-0.1, -0.05) is 12.1 Å². The Balaban J connectivity index is 2.21. The number of ketones is 1. The molecule has 1 aromatic carbocycles. The van der Waals surface area contributed by atoms with Crippen LogP contribution in [0.25, 0.3) is 0 Å². The van der Waals surface area contributed by atoms with Crippen molar-refractivity contribution in [2.24, 2.45) is 0 Å². The zero-order chi connectivity index (χ0) is 13.8. The number of halogens is 3. The highest BCUT2D eigenvalue weighted by molar-refractivity contribution is 9.10. The van der Waals surface area contributed by atoms with Crippen LogP contribution in [0.5, 0.6) is 5.75 Å². The predicted molar refractivity (Wildman–Crippen MR) is 73.1 cm³/mol. The van der Waals surface area contributed by atoms with E-state index >= 15 is 0 Å². The molecule has 0 fully saturated rings. The van der Waals surface area contributed by atoms with E-state index in [0.717, 1.165) is 9.35 Å². The molecule has 0 saturated heterocycles. The highest BCUT2D eigenvalue weighted by atomic mass is 79.9. The van der Waals surface area contributed by atoms with Gasteiger partial charge in [-0.25, -0.2) is 0 Å². The maximum absolute atomic E-state index is 12.3. The van der Waals surface area contributed by atoms with Crippen molar-refractivity contribution >= 4 is 33.0 Å². The van der Waals surface area contributed by atoms with Gasteiger partial charge in [-0.15, -0.1) is 11.3 Å². The van der Waals surface area contributed by atoms with Crippen LogP contribution in [0.4, 0.5) is 8.78 Å². The van der Waals surface area contributed by atoms with E-state index in [-0.39, 0.29) is 23.5 Å². The van der Waals surface area contributed by atoms with Crippen LogP contribution in [-0.2, 0) is 6.42 Å². The van der Waals surface area contributed by atoms with Gasteiger partial charge >= 0.3 is 6.61 Å². The van der Waals surface area contributed by atoms with E-state index in [9.17, 15) is 13.6 Å². The van der Waals surface area contributed by atoms with Crippen LogP contribution in [0, 0.1) is 0 Å². The molecule has 2 rings (SSSR count). The summed E-state index contributed by atoms with van der Waals surface area (Å²) in [6.07, 6.45) is 0.155. The molecule has 0 saturated carbocycles. The monoisotopic (exact) mass is 346 g/mol. The van der Waals surface area contributed by atoms with E-state index in [0.29, 0.717) is 0 Å². The van der Waals surface area contributed by atoms with Gasteiger partial charge in [-0.2, -0.15) is 8.78 Å². The highest BCUT2D eigenvalue weighted by Gasteiger charge is 2.17. The molecule has 0 N–H and O–H groups in total. The van der Waals surface area contributed by atoms with Crippen molar-refractivity contribution in [3.05, 3.63) is 50.6 Å². The summed E-state index contributed by atoms with van der Waals surface area (Å²) >= 11 is 4.77. The first-order valence-electron chi connectivity index (χ1n) is 5.37. The van der Waals surface area contributed by atoms with E-state index in [4.69, 9.17) is 0 Å².